The number of carbonyl (C=O) groups excluding carboxylic acids is 2. The van der Waals surface area contributed by atoms with E-state index in [2.05, 4.69) is 10.6 Å². The Morgan fingerprint density at radius 1 is 1.10 bits per heavy atom. The van der Waals surface area contributed by atoms with Crippen LogP contribution in [0.25, 0.3) is 0 Å². The summed E-state index contributed by atoms with van der Waals surface area (Å²) in [5.41, 5.74) is 0. The summed E-state index contributed by atoms with van der Waals surface area (Å²) in [6.07, 6.45) is 0.258. The Morgan fingerprint density at radius 2 is 1.76 bits per heavy atom. The van der Waals surface area contributed by atoms with Crippen LogP contribution in [-0.4, -0.2) is 37.4 Å². The smallest absolute Gasteiger partial charge is 0.258 e. The molecule has 5 nitrogen and oxygen atoms in total. The fourth-order valence-electron chi connectivity index (χ4n) is 1.36. The summed E-state index contributed by atoms with van der Waals surface area (Å²) in [4.78, 5) is 22.6. The molecule has 0 saturated heterocycles. The van der Waals surface area contributed by atoms with Gasteiger partial charge in [-0.05, 0) is 18.2 Å². The topological polar surface area (TPSA) is 67.4 Å². The highest BCUT2D eigenvalue weighted by Crippen LogP contribution is 2.27. The molecule has 0 saturated carbocycles. The number of nitrogens with one attached hydrogen (secondary N) is 2. The summed E-state index contributed by atoms with van der Waals surface area (Å²) in [5, 5.41) is 6.04. The Kier molecular flexibility index (Phi) is 8.27. The molecular weight excluding hydrogens is 339 g/mol. The Labute approximate surface area is 137 Å². The third-order valence-corrected chi connectivity index (χ3v) is 3.06. The summed E-state index contributed by atoms with van der Waals surface area (Å²) in [6.45, 7) is 0.477. The van der Waals surface area contributed by atoms with Crippen molar-refractivity contribution in [3.05, 3.63) is 28.2 Å². The molecule has 8 heteroatoms. The molecule has 21 heavy (non-hydrogen) atoms. The molecule has 0 spiro atoms. The van der Waals surface area contributed by atoms with Crippen LogP contribution in [0.3, 0.4) is 0 Å². The second kappa shape index (κ2) is 9.71. The number of amides is 2. The van der Waals surface area contributed by atoms with Gasteiger partial charge in [-0.1, -0.05) is 23.2 Å². The van der Waals surface area contributed by atoms with E-state index in [0.29, 0.717) is 28.9 Å². The van der Waals surface area contributed by atoms with Crippen LogP contribution in [0, 0.1) is 0 Å². The molecule has 1 rings (SSSR count). The number of benzene rings is 1. The van der Waals surface area contributed by atoms with Crippen molar-refractivity contribution in [2.75, 3.05) is 25.6 Å². The molecule has 0 aromatic heterocycles. The van der Waals surface area contributed by atoms with Gasteiger partial charge in [-0.15, -0.1) is 11.6 Å². The zero-order valence-electron chi connectivity index (χ0n) is 11.1. The highest BCUT2D eigenvalue weighted by molar-refractivity contribution is 6.35. The van der Waals surface area contributed by atoms with Crippen molar-refractivity contribution in [1.29, 1.82) is 0 Å². The minimum Gasteiger partial charge on any atom is -0.482 e. The Balaban J connectivity index is 2.21. The maximum atomic E-state index is 11.5. The first-order chi connectivity index (χ1) is 10.0. The monoisotopic (exact) mass is 352 g/mol. The van der Waals surface area contributed by atoms with Gasteiger partial charge in [0.15, 0.2) is 6.61 Å². The average Bonchev–Trinajstić information content (AvgIpc) is 2.43. The summed E-state index contributed by atoms with van der Waals surface area (Å²) in [7, 11) is 0. The van der Waals surface area contributed by atoms with Crippen molar-refractivity contribution in [3.8, 4) is 5.75 Å². The van der Waals surface area contributed by atoms with E-state index in [1.54, 1.807) is 12.1 Å². The molecule has 116 valence electrons. The Hall–Kier alpha value is -1.17. The van der Waals surface area contributed by atoms with Gasteiger partial charge in [-0.2, -0.15) is 0 Å². The molecule has 1 aromatic rings. The molecule has 0 fully saturated rings. The van der Waals surface area contributed by atoms with E-state index in [1.165, 1.54) is 6.07 Å². The predicted molar refractivity (Wildman–Crippen MR) is 83.3 cm³/mol. The van der Waals surface area contributed by atoms with Gasteiger partial charge >= 0.3 is 0 Å². The number of carbonyl (C=O) groups is 2. The van der Waals surface area contributed by atoms with Gasteiger partial charge in [-0.3, -0.25) is 9.59 Å². The zero-order valence-corrected chi connectivity index (χ0v) is 13.4. The maximum Gasteiger partial charge on any atom is 0.258 e. The summed E-state index contributed by atoms with van der Waals surface area (Å²) in [6, 6.07) is 4.74. The number of rotatable bonds is 8. The Morgan fingerprint density at radius 3 is 2.38 bits per heavy atom. The first-order valence-electron chi connectivity index (χ1n) is 6.20. The lowest BCUT2D eigenvalue weighted by molar-refractivity contribution is -0.124. The molecule has 2 N–H and O–H groups in total. The Bertz CT molecular complexity index is 498. The molecular formula is C13H15Cl3N2O3. The van der Waals surface area contributed by atoms with Crippen LogP contribution in [0.1, 0.15) is 6.42 Å². The summed E-state index contributed by atoms with van der Waals surface area (Å²) >= 11 is 17.1. The van der Waals surface area contributed by atoms with Gasteiger partial charge in [0.2, 0.25) is 5.91 Å². The van der Waals surface area contributed by atoms with Crippen LogP contribution < -0.4 is 15.4 Å². The zero-order chi connectivity index (χ0) is 15.7. The lowest BCUT2D eigenvalue weighted by Gasteiger charge is -2.09. The first kappa shape index (κ1) is 17.9. The van der Waals surface area contributed by atoms with Crippen LogP contribution in [0.5, 0.6) is 5.75 Å². The van der Waals surface area contributed by atoms with E-state index in [-0.39, 0.29) is 30.7 Å². The molecule has 1 aromatic carbocycles. The third kappa shape index (κ3) is 7.41. The minimum atomic E-state index is -0.312. The molecule has 0 aliphatic carbocycles. The van der Waals surface area contributed by atoms with Crippen LogP contribution in [0.2, 0.25) is 10.0 Å². The average molecular weight is 354 g/mol. The largest absolute Gasteiger partial charge is 0.482 e. The van der Waals surface area contributed by atoms with Crippen molar-refractivity contribution >= 4 is 46.6 Å². The normalized spacial score (nSPS) is 10.0. The molecule has 0 bridgehead atoms. The fraction of sp³-hybridized carbons (Fsp3) is 0.385. The third-order valence-electron chi connectivity index (χ3n) is 2.34. The number of halogens is 3. The van der Waals surface area contributed by atoms with Crippen LogP contribution in [0.15, 0.2) is 18.2 Å². The predicted octanol–water partition coefficient (Wildman–Crippen LogP) is 2.23. The minimum absolute atomic E-state index is 0.150. The van der Waals surface area contributed by atoms with Crippen LogP contribution in [-0.2, 0) is 9.59 Å². The van der Waals surface area contributed by atoms with E-state index in [4.69, 9.17) is 39.5 Å². The first-order valence-corrected chi connectivity index (χ1v) is 7.49. The number of hydrogen-bond donors (Lipinski definition) is 2. The number of ether oxygens (including phenoxy) is 1. The molecule has 0 unspecified atom stereocenters. The standard InChI is InChI=1S/C13H15Cl3N2O3/c14-4-3-12(19)17-5-6-18-13(20)8-21-11-2-1-9(15)7-10(11)16/h1-2,7H,3-6,8H2,(H,17,19)(H,18,20). The van der Waals surface area contributed by atoms with Gasteiger partial charge in [0.1, 0.15) is 5.75 Å². The molecule has 0 aliphatic rings. The number of alkyl halides is 1. The lowest BCUT2D eigenvalue weighted by atomic mass is 10.3. The van der Waals surface area contributed by atoms with Gasteiger partial charge < -0.3 is 15.4 Å². The second-order valence-electron chi connectivity index (χ2n) is 4.00. The van der Waals surface area contributed by atoms with Gasteiger partial charge in [0.05, 0.1) is 5.02 Å². The van der Waals surface area contributed by atoms with E-state index in [9.17, 15) is 9.59 Å². The van der Waals surface area contributed by atoms with Crippen molar-refractivity contribution < 1.29 is 14.3 Å². The van der Waals surface area contributed by atoms with Crippen molar-refractivity contribution in [2.24, 2.45) is 0 Å². The summed E-state index contributed by atoms with van der Waals surface area (Å²) < 4.78 is 5.26. The second-order valence-corrected chi connectivity index (χ2v) is 5.22. The molecule has 0 aliphatic heterocycles. The van der Waals surface area contributed by atoms with Gasteiger partial charge in [0.25, 0.3) is 5.91 Å². The van der Waals surface area contributed by atoms with E-state index < -0.39 is 0 Å². The van der Waals surface area contributed by atoms with E-state index in [1.807, 2.05) is 0 Å². The van der Waals surface area contributed by atoms with E-state index in [0.717, 1.165) is 0 Å². The highest BCUT2D eigenvalue weighted by Gasteiger charge is 2.06. The van der Waals surface area contributed by atoms with Crippen LogP contribution >= 0.6 is 34.8 Å². The van der Waals surface area contributed by atoms with Gasteiger partial charge in [-0.25, -0.2) is 0 Å². The SMILES string of the molecule is O=C(CCCl)NCCNC(=O)COc1ccc(Cl)cc1Cl. The number of hydrogen-bond acceptors (Lipinski definition) is 3. The highest BCUT2D eigenvalue weighted by atomic mass is 35.5. The van der Waals surface area contributed by atoms with Crippen molar-refractivity contribution in [3.63, 3.8) is 0 Å². The van der Waals surface area contributed by atoms with Crippen molar-refractivity contribution in [1.82, 2.24) is 10.6 Å². The quantitative estimate of drug-likeness (QED) is 0.556. The lowest BCUT2D eigenvalue weighted by Crippen LogP contribution is -2.36. The molecule has 2 amide bonds. The maximum absolute atomic E-state index is 11.5. The van der Waals surface area contributed by atoms with E-state index >= 15 is 0 Å². The fourth-order valence-corrected chi connectivity index (χ4v) is 2.00. The molecule has 0 radical (unpaired) electrons. The molecule has 0 atom stereocenters. The van der Waals surface area contributed by atoms with Crippen molar-refractivity contribution in [2.45, 2.75) is 6.42 Å². The van der Waals surface area contributed by atoms with Gasteiger partial charge in [0, 0.05) is 30.4 Å². The molecule has 0 heterocycles. The summed E-state index contributed by atoms with van der Waals surface area (Å²) in [5.74, 6) is 0.191. The van der Waals surface area contributed by atoms with Crippen LogP contribution in [0.4, 0.5) is 0 Å².